The molecule has 0 spiro atoms. The van der Waals surface area contributed by atoms with Gasteiger partial charge in [0.1, 0.15) is 0 Å². The van der Waals surface area contributed by atoms with Gasteiger partial charge in [0.25, 0.3) is 0 Å². The van der Waals surface area contributed by atoms with E-state index in [1.165, 1.54) is 35.1 Å². The van der Waals surface area contributed by atoms with E-state index in [9.17, 15) is 9.59 Å². The zero-order valence-corrected chi connectivity index (χ0v) is 28.5. The summed E-state index contributed by atoms with van der Waals surface area (Å²) in [6.07, 6.45) is 7.99. The van der Waals surface area contributed by atoms with Gasteiger partial charge in [-0.25, -0.2) is 0 Å². The fourth-order valence-electron chi connectivity index (χ4n) is 3.39. The summed E-state index contributed by atoms with van der Waals surface area (Å²) < 4.78 is 9.76. The molecule has 1 rings (SSSR count). The van der Waals surface area contributed by atoms with Gasteiger partial charge in [0.05, 0.1) is 0 Å². The van der Waals surface area contributed by atoms with Gasteiger partial charge in [0.2, 0.25) is 0 Å². The molecule has 1 fully saturated rings. The van der Waals surface area contributed by atoms with E-state index in [1.807, 2.05) is 6.92 Å². The van der Waals surface area contributed by atoms with Gasteiger partial charge in [-0.3, -0.25) is 0 Å². The minimum atomic E-state index is -3.86. The normalized spacial score (nSPS) is 20.5. The van der Waals surface area contributed by atoms with E-state index < -0.39 is 54.4 Å². The van der Waals surface area contributed by atoms with Crippen LogP contribution in [0.3, 0.4) is 0 Å². The van der Waals surface area contributed by atoms with Gasteiger partial charge in [0, 0.05) is 0 Å². The van der Waals surface area contributed by atoms with Crippen molar-refractivity contribution in [2.45, 2.75) is 88.5 Å². The SMILES string of the molecule is CCC[CH2][Ti]1([CH2]CCC)[Ti][Ti]([NH]C(=O)CCC)[Ti][Ti]([Cl])([Cl])([NH]C(=O)CCC)[Ti]1. The van der Waals surface area contributed by atoms with Crippen LogP contribution in [0.15, 0.2) is 0 Å². The molecule has 1 aliphatic rings. The average molecular weight is 645 g/mol. The van der Waals surface area contributed by atoms with Crippen molar-refractivity contribution in [3.05, 3.63) is 0 Å². The van der Waals surface area contributed by atoms with Crippen molar-refractivity contribution < 1.29 is 76.7 Å². The molecule has 2 N–H and O–H groups in total. The van der Waals surface area contributed by atoms with Gasteiger partial charge < -0.3 is 0 Å². The van der Waals surface area contributed by atoms with E-state index in [1.54, 1.807) is 0 Å². The second kappa shape index (κ2) is 14.3. The van der Waals surface area contributed by atoms with Crippen LogP contribution >= 0.6 is 18.6 Å². The summed E-state index contributed by atoms with van der Waals surface area (Å²) in [7, 11) is 8.98. The molecule has 12 heteroatoms. The molecule has 0 radical (unpaired) electrons. The van der Waals surface area contributed by atoms with E-state index in [0.717, 1.165) is 12.8 Å². The predicted molar refractivity (Wildman–Crippen MR) is 97.2 cm³/mol. The Kier molecular flexibility index (Phi) is 15.2. The van der Waals surface area contributed by atoms with Crippen molar-refractivity contribution in [3.63, 3.8) is 0 Å². The Morgan fingerprint density at radius 3 is 1.96 bits per heavy atom. The molecule has 158 valence electrons. The first-order valence-electron chi connectivity index (χ1n) is 10.5. The molecule has 0 atom stereocenters. The van der Waals surface area contributed by atoms with E-state index in [-0.39, 0.29) is 24.6 Å². The van der Waals surface area contributed by atoms with Gasteiger partial charge in [0.15, 0.2) is 0 Å². The van der Waals surface area contributed by atoms with Crippen LogP contribution in [0.1, 0.15) is 79.1 Å². The second-order valence-electron chi connectivity index (χ2n) is 7.65. The van der Waals surface area contributed by atoms with Crippen LogP contribution in [0.5, 0.6) is 0 Å². The van der Waals surface area contributed by atoms with Crippen LogP contribution in [-0.4, -0.2) is 11.8 Å². The molecule has 0 aromatic heterocycles. The number of carbonyl (C=O) groups is 2. The number of unbranched alkanes of at least 4 members (excludes halogenated alkanes) is 2. The van der Waals surface area contributed by atoms with Gasteiger partial charge in [-0.15, -0.1) is 0 Å². The number of halogens is 2. The standard InChI is InChI=1S/2C4H9NO.2C4H9.2ClH.6Ti/c2*1-2-3-4(5)6;2*1-3-4-2;;;;;;;;/h2*2-3H2,1H3,(H2,5,6);2*1,3-4H2,2H3;2*1H;;;;;;/q;;;;;;;;;;+1;+3/p-4. The Labute approximate surface area is 199 Å². The van der Waals surface area contributed by atoms with Crippen LogP contribution in [0.2, 0.25) is 9.45 Å². The molecule has 0 bridgehead atoms. The van der Waals surface area contributed by atoms with Crippen LogP contribution in [-0.2, 0) is 76.7 Å². The van der Waals surface area contributed by atoms with Crippen LogP contribution < -0.4 is 7.60 Å². The quantitative estimate of drug-likeness (QED) is 0.272. The Bertz CT molecular complexity index is 533. The second-order valence-corrected chi connectivity index (χ2v) is 106. The van der Waals surface area contributed by atoms with E-state index >= 15 is 0 Å². The van der Waals surface area contributed by atoms with Crippen LogP contribution in [0.25, 0.3) is 0 Å². The minimum absolute atomic E-state index is 0.00618. The van der Waals surface area contributed by atoms with Crippen molar-refractivity contribution in [1.82, 2.24) is 7.60 Å². The molecule has 0 unspecified atom stereocenters. The van der Waals surface area contributed by atoms with Crippen molar-refractivity contribution in [3.8, 4) is 0 Å². The van der Waals surface area contributed by atoms with E-state index in [4.69, 9.17) is 18.6 Å². The van der Waals surface area contributed by atoms with Gasteiger partial charge in [-0.2, -0.15) is 0 Å². The van der Waals surface area contributed by atoms with Crippen LogP contribution in [0, 0.1) is 0 Å². The maximum atomic E-state index is 12.6. The number of amides is 2. The maximum absolute atomic E-state index is 12.6. The predicted octanol–water partition coefficient (Wildman–Crippen LogP) is 5.61. The molecular formula is C16H34Cl2N2O2Ti6. The third kappa shape index (κ3) is 10.8. The Balaban J connectivity index is 3.19. The Morgan fingerprint density at radius 1 is 0.929 bits per heavy atom. The summed E-state index contributed by atoms with van der Waals surface area (Å²) in [6.45, 7) is 8.65. The third-order valence-corrected chi connectivity index (χ3v) is 210. The summed E-state index contributed by atoms with van der Waals surface area (Å²) in [4.78, 5) is 25.0. The molecule has 1 aliphatic heterocycles. The summed E-state index contributed by atoms with van der Waals surface area (Å²) in [6, 6.07) is 0. The van der Waals surface area contributed by atoms with Gasteiger partial charge >= 0.3 is 203 Å². The number of carbonyl (C=O) groups excluding carboxylic acids is 2. The molecule has 4 nitrogen and oxygen atoms in total. The molecule has 2 amide bonds. The molecule has 0 aromatic rings. The van der Waals surface area contributed by atoms with Crippen molar-refractivity contribution in [2.24, 2.45) is 0 Å². The monoisotopic (exact) mass is 644 g/mol. The molecule has 0 aliphatic carbocycles. The molecule has 1 heterocycles. The first-order chi connectivity index (χ1) is 13.1. The van der Waals surface area contributed by atoms with Crippen molar-refractivity contribution >= 4 is 30.4 Å². The molecule has 0 saturated carbocycles. The summed E-state index contributed by atoms with van der Waals surface area (Å²) in [5, 5.41) is 0. The number of rotatable bonds is 12. The zero-order chi connectivity index (χ0) is 21.3. The molecule has 1 saturated heterocycles. The van der Waals surface area contributed by atoms with Crippen LogP contribution in [0.4, 0.5) is 0 Å². The fourth-order valence-corrected chi connectivity index (χ4v) is 487. The number of nitrogens with one attached hydrogen (secondary N) is 2. The summed E-state index contributed by atoms with van der Waals surface area (Å²) in [5.74, 6) is 0.343. The van der Waals surface area contributed by atoms with Gasteiger partial charge in [-0.1, -0.05) is 0 Å². The molecular weight excluding hydrogens is 610 g/mol. The number of hydrogen-bond donors (Lipinski definition) is 2. The van der Waals surface area contributed by atoms with E-state index in [0.29, 0.717) is 12.8 Å². The third-order valence-electron chi connectivity index (χ3n) is 4.66. The summed E-state index contributed by atoms with van der Waals surface area (Å²) >= 11 is -2.61. The Morgan fingerprint density at radius 2 is 1.46 bits per heavy atom. The average Bonchev–Trinajstić information content (AvgIpc) is 2.57. The zero-order valence-electron chi connectivity index (χ0n) is 17.6. The van der Waals surface area contributed by atoms with Crippen molar-refractivity contribution in [1.29, 1.82) is 0 Å². The van der Waals surface area contributed by atoms with Gasteiger partial charge in [-0.05, 0) is 0 Å². The Hall–Kier alpha value is 3.81. The molecule has 0 aromatic carbocycles. The molecule has 28 heavy (non-hydrogen) atoms. The van der Waals surface area contributed by atoms with Crippen molar-refractivity contribution in [2.75, 3.05) is 0 Å². The topological polar surface area (TPSA) is 58.2 Å². The summed E-state index contributed by atoms with van der Waals surface area (Å²) in [5.41, 5.74) is 0. The van der Waals surface area contributed by atoms with E-state index in [2.05, 4.69) is 28.4 Å². The fraction of sp³-hybridized carbons (Fsp3) is 0.875. The first kappa shape index (κ1) is 29.8. The first-order valence-corrected chi connectivity index (χ1v) is 42.6. The number of hydrogen-bond acceptors (Lipinski definition) is 2.